The number of amides is 2. The molecule has 8 nitrogen and oxygen atoms in total. The van der Waals surface area contributed by atoms with Crippen LogP contribution in [-0.4, -0.2) is 33.4 Å². The van der Waals surface area contributed by atoms with Gasteiger partial charge in [-0.05, 0) is 36.8 Å². The van der Waals surface area contributed by atoms with Gasteiger partial charge in [-0.2, -0.15) is 5.10 Å². The van der Waals surface area contributed by atoms with Crippen LogP contribution in [0.25, 0.3) is 0 Å². The smallest absolute Gasteiger partial charge is 0.278 e. The van der Waals surface area contributed by atoms with E-state index in [1.165, 1.54) is 12.1 Å². The molecule has 1 atom stereocenters. The quantitative estimate of drug-likeness (QED) is 0.637. The summed E-state index contributed by atoms with van der Waals surface area (Å²) in [6.45, 7) is 2.40. The fraction of sp³-hybridized carbons (Fsp3) is 0.182. The van der Waals surface area contributed by atoms with E-state index < -0.39 is 17.9 Å². The van der Waals surface area contributed by atoms with Gasteiger partial charge in [0, 0.05) is 24.8 Å². The molecule has 2 aromatic carbocycles. The molecule has 2 amide bonds. The lowest BCUT2D eigenvalue weighted by atomic mass is 10.0. The first-order chi connectivity index (χ1) is 15.0. The number of aryl methyl sites for hydroxylation is 1. The molecule has 0 bridgehead atoms. The third-order valence-electron chi connectivity index (χ3n) is 4.73. The summed E-state index contributed by atoms with van der Waals surface area (Å²) in [5.41, 5.74) is 2.22. The number of carbonyl (C=O) groups excluding carboxylic acids is 2. The van der Waals surface area contributed by atoms with Crippen molar-refractivity contribution in [2.24, 2.45) is 5.16 Å². The van der Waals surface area contributed by atoms with Crippen LogP contribution in [0.2, 0.25) is 0 Å². The maximum atomic E-state index is 13.1. The molecule has 1 aromatic heterocycles. The van der Waals surface area contributed by atoms with E-state index in [9.17, 15) is 14.0 Å². The van der Waals surface area contributed by atoms with E-state index >= 15 is 0 Å². The first-order valence-corrected chi connectivity index (χ1v) is 9.77. The maximum Gasteiger partial charge on any atom is 0.278 e. The van der Waals surface area contributed by atoms with Gasteiger partial charge < -0.3 is 15.5 Å². The molecule has 4 rings (SSSR count). The Balaban J connectivity index is 1.45. The number of rotatable bonds is 6. The molecule has 3 aromatic rings. The predicted octanol–water partition coefficient (Wildman–Crippen LogP) is 3.43. The number of aromatic nitrogens is 2. The molecule has 0 aliphatic carbocycles. The molecule has 0 fully saturated rings. The molecule has 31 heavy (non-hydrogen) atoms. The Hall–Kier alpha value is -4.01. The molecule has 0 spiro atoms. The van der Waals surface area contributed by atoms with Crippen LogP contribution in [-0.2, 0) is 16.2 Å². The summed E-state index contributed by atoms with van der Waals surface area (Å²) in [4.78, 5) is 30.7. The lowest BCUT2D eigenvalue weighted by molar-refractivity contribution is -0.125. The van der Waals surface area contributed by atoms with Crippen LogP contribution in [0.4, 0.5) is 15.8 Å². The minimum absolute atomic E-state index is 0.0942. The van der Waals surface area contributed by atoms with Crippen LogP contribution < -0.4 is 10.6 Å². The zero-order chi connectivity index (χ0) is 21.8. The highest BCUT2D eigenvalue weighted by molar-refractivity contribution is 6.10. The molecule has 9 heteroatoms. The number of benzene rings is 2. The standard InChI is InChI=1S/C22H20FN5O3/c1-2-28-13-18(20(26-28)22(30)24-16-6-4-3-5-7-16)25-21(29)19-12-17(27-31-19)14-8-10-15(23)11-9-14/h3-11,13,19H,2,12H2,1H3,(H,24,30)(H,25,29). The second-order valence-corrected chi connectivity index (χ2v) is 6.90. The van der Waals surface area contributed by atoms with Crippen LogP contribution in [0.1, 0.15) is 29.4 Å². The number of nitrogens with zero attached hydrogens (tertiary/aromatic N) is 3. The third kappa shape index (κ3) is 4.61. The number of nitrogens with one attached hydrogen (secondary N) is 2. The molecule has 158 valence electrons. The zero-order valence-electron chi connectivity index (χ0n) is 16.7. The monoisotopic (exact) mass is 421 g/mol. The van der Waals surface area contributed by atoms with E-state index in [1.807, 2.05) is 13.0 Å². The second kappa shape index (κ2) is 8.78. The zero-order valence-corrected chi connectivity index (χ0v) is 16.7. The Bertz CT molecular complexity index is 1130. The largest absolute Gasteiger partial charge is 0.382 e. The van der Waals surface area contributed by atoms with Crippen molar-refractivity contribution in [3.8, 4) is 0 Å². The maximum absolute atomic E-state index is 13.1. The van der Waals surface area contributed by atoms with Crippen LogP contribution >= 0.6 is 0 Å². The number of hydrogen-bond donors (Lipinski definition) is 2. The van der Waals surface area contributed by atoms with Gasteiger partial charge in [0.05, 0.1) is 11.4 Å². The van der Waals surface area contributed by atoms with Gasteiger partial charge in [-0.3, -0.25) is 14.3 Å². The van der Waals surface area contributed by atoms with Gasteiger partial charge in [0.15, 0.2) is 5.69 Å². The van der Waals surface area contributed by atoms with Crippen molar-refractivity contribution in [1.82, 2.24) is 9.78 Å². The van der Waals surface area contributed by atoms with E-state index in [2.05, 4.69) is 20.9 Å². The Kier molecular flexibility index (Phi) is 5.74. The van der Waals surface area contributed by atoms with Crippen molar-refractivity contribution in [1.29, 1.82) is 0 Å². The summed E-state index contributed by atoms with van der Waals surface area (Å²) >= 11 is 0. The molecule has 2 heterocycles. The van der Waals surface area contributed by atoms with E-state index in [4.69, 9.17) is 4.84 Å². The highest BCUT2D eigenvalue weighted by Gasteiger charge is 2.30. The van der Waals surface area contributed by atoms with Crippen LogP contribution in [0.15, 0.2) is 65.9 Å². The SMILES string of the molecule is CCn1cc(NC(=O)C2CC(c3ccc(F)cc3)=NO2)c(C(=O)Nc2ccccc2)n1. The molecule has 1 unspecified atom stereocenters. The number of halogens is 1. The second-order valence-electron chi connectivity index (χ2n) is 6.90. The summed E-state index contributed by atoms with van der Waals surface area (Å²) in [5, 5.41) is 13.7. The molecule has 1 aliphatic heterocycles. The van der Waals surface area contributed by atoms with Crippen molar-refractivity contribution in [3.63, 3.8) is 0 Å². The highest BCUT2D eigenvalue weighted by Crippen LogP contribution is 2.21. The van der Waals surface area contributed by atoms with E-state index in [1.54, 1.807) is 47.3 Å². The number of hydrogen-bond acceptors (Lipinski definition) is 5. The van der Waals surface area contributed by atoms with Crippen molar-refractivity contribution in [2.45, 2.75) is 26.0 Å². The molecule has 0 saturated carbocycles. The summed E-state index contributed by atoms with van der Waals surface area (Å²) in [6, 6.07) is 14.8. The number of anilines is 2. The normalized spacial score (nSPS) is 15.2. The molecule has 0 radical (unpaired) electrons. The van der Waals surface area contributed by atoms with Gasteiger partial charge >= 0.3 is 0 Å². The van der Waals surface area contributed by atoms with Gasteiger partial charge in [0.2, 0.25) is 6.10 Å². The van der Waals surface area contributed by atoms with Gasteiger partial charge in [0.1, 0.15) is 5.82 Å². The van der Waals surface area contributed by atoms with Gasteiger partial charge in [0.25, 0.3) is 11.8 Å². The topological polar surface area (TPSA) is 97.6 Å². The minimum Gasteiger partial charge on any atom is -0.382 e. The van der Waals surface area contributed by atoms with Gasteiger partial charge in [-0.15, -0.1) is 0 Å². The summed E-state index contributed by atoms with van der Waals surface area (Å²) in [5.74, 6) is -1.25. The molecule has 0 saturated heterocycles. The van der Waals surface area contributed by atoms with Crippen molar-refractivity contribution in [3.05, 3.63) is 77.9 Å². The minimum atomic E-state index is -0.866. The van der Waals surface area contributed by atoms with E-state index in [0.717, 1.165) is 0 Å². The highest BCUT2D eigenvalue weighted by atomic mass is 19.1. The molecular weight excluding hydrogens is 401 g/mol. The first kappa shape index (κ1) is 20.3. The third-order valence-corrected chi connectivity index (χ3v) is 4.73. The van der Waals surface area contributed by atoms with Crippen LogP contribution in [0, 0.1) is 5.82 Å². The fourth-order valence-corrected chi connectivity index (χ4v) is 3.10. The Morgan fingerprint density at radius 3 is 2.58 bits per heavy atom. The lowest BCUT2D eigenvalue weighted by Crippen LogP contribution is -2.29. The molecule has 2 N–H and O–H groups in total. The van der Waals surface area contributed by atoms with Crippen molar-refractivity contribution >= 4 is 28.9 Å². The average molecular weight is 421 g/mol. The summed E-state index contributed by atoms with van der Waals surface area (Å²) in [6.07, 6.45) is 0.953. The van der Waals surface area contributed by atoms with Crippen LogP contribution in [0.3, 0.4) is 0 Å². The number of para-hydroxylation sites is 1. The Labute approximate surface area is 177 Å². The van der Waals surface area contributed by atoms with Crippen LogP contribution in [0.5, 0.6) is 0 Å². The number of oxime groups is 1. The first-order valence-electron chi connectivity index (χ1n) is 9.77. The average Bonchev–Trinajstić information content (AvgIpc) is 3.42. The Morgan fingerprint density at radius 2 is 1.87 bits per heavy atom. The fourth-order valence-electron chi connectivity index (χ4n) is 3.10. The molecule has 1 aliphatic rings. The predicted molar refractivity (Wildman–Crippen MR) is 113 cm³/mol. The van der Waals surface area contributed by atoms with E-state index in [-0.39, 0.29) is 23.6 Å². The summed E-state index contributed by atoms with van der Waals surface area (Å²) < 4.78 is 14.7. The van der Waals surface area contributed by atoms with Crippen molar-refractivity contribution < 1.29 is 18.8 Å². The Morgan fingerprint density at radius 1 is 1.13 bits per heavy atom. The summed E-state index contributed by atoms with van der Waals surface area (Å²) in [7, 11) is 0. The lowest BCUT2D eigenvalue weighted by Gasteiger charge is -2.09. The number of carbonyl (C=O) groups is 2. The van der Waals surface area contributed by atoms with Gasteiger partial charge in [-0.25, -0.2) is 4.39 Å². The van der Waals surface area contributed by atoms with Crippen molar-refractivity contribution in [2.75, 3.05) is 10.6 Å². The van der Waals surface area contributed by atoms with Gasteiger partial charge in [-0.1, -0.05) is 35.5 Å². The van der Waals surface area contributed by atoms with E-state index in [0.29, 0.717) is 23.5 Å². The molecular formula is C22H20FN5O3.